The number of halogens is 2. The maximum atomic E-state index is 16.6. The molecule has 66 heavy (non-hydrogen) atoms. The summed E-state index contributed by atoms with van der Waals surface area (Å²) in [5.74, 6) is 0.0945. The van der Waals surface area contributed by atoms with E-state index in [9.17, 15) is 24.0 Å². The van der Waals surface area contributed by atoms with Crippen molar-refractivity contribution in [1.29, 1.82) is 0 Å². The lowest BCUT2D eigenvalue weighted by molar-refractivity contribution is -0.125. The summed E-state index contributed by atoms with van der Waals surface area (Å²) in [6.07, 6.45) is 5.38. The van der Waals surface area contributed by atoms with Gasteiger partial charge in [0.25, 0.3) is 17.4 Å². The number of pyridine rings is 1. The number of benzene rings is 2. The average Bonchev–Trinajstić information content (AvgIpc) is 3.63. The van der Waals surface area contributed by atoms with Crippen molar-refractivity contribution in [2.24, 2.45) is 5.41 Å². The average molecular weight is 928 g/mol. The van der Waals surface area contributed by atoms with E-state index in [0.29, 0.717) is 72.6 Å². The van der Waals surface area contributed by atoms with Gasteiger partial charge in [-0.25, -0.2) is 9.37 Å². The number of aromatic nitrogens is 3. The van der Waals surface area contributed by atoms with Crippen molar-refractivity contribution in [3.8, 4) is 5.75 Å². The van der Waals surface area contributed by atoms with E-state index in [1.165, 1.54) is 14.1 Å². The molecule has 2 aromatic heterocycles. The van der Waals surface area contributed by atoms with Crippen molar-refractivity contribution < 1.29 is 28.3 Å². The first-order chi connectivity index (χ1) is 31.5. The number of alkyl halides is 1. The van der Waals surface area contributed by atoms with Crippen molar-refractivity contribution in [2.75, 3.05) is 75.1 Å². The largest absolute Gasteiger partial charge is 0.478 e. The first-order valence-corrected chi connectivity index (χ1v) is 23.2. The Hall–Kier alpha value is -5.81. The number of likely N-dealkylation sites (N-methyl/N-ethyl adjacent to an activating group) is 2. The lowest BCUT2D eigenvalue weighted by Gasteiger charge is -2.67. The molecule has 1 unspecified atom stereocenters. The zero-order valence-corrected chi connectivity index (χ0v) is 39.3. The Bertz CT molecular complexity index is 2590. The fourth-order valence-corrected chi connectivity index (χ4v) is 10.6. The predicted molar refractivity (Wildman–Crippen MR) is 253 cm³/mol. The number of nitrogens with one attached hydrogen (secondary N) is 3. The van der Waals surface area contributed by atoms with E-state index < -0.39 is 11.7 Å². The highest BCUT2D eigenvalue weighted by Gasteiger charge is 2.59. The van der Waals surface area contributed by atoms with Crippen LogP contribution >= 0.6 is 11.6 Å². The molecule has 1 spiro atoms. The van der Waals surface area contributed by atoms with Gasteiger partial charge in [-0.3, -0.25) is 19.2 Å². The minimum Gasteiger partial charge on any atom is -0.478 e. The second-order valence-corrected chi connectivity index (χ2v) is 19.4. The molecule has 1 atom stereocenters. The van der Waals surface area contributed by atoms with Crippen LogP contribution in [0.1, 0.15) is 88.2 Å². The molecule has 4 aliphatic heterocycles. The molecule has 0 radical (unpaired) electrons. The van der Waals surface area contributed by atoms with Crippen LogP contribution < -0.4 is 36.0 Å². The molecule has 352 valence electrons. The maximum absolute atomic E-state index is 16.6. The van der Waals surface area contributed by atoms with Gasteiger partial charge in [-0.1, -0.05) is 11.6 Å². The topological polar surface area (TPSA) is 174 Å². The zero-order valence-electron chi connectivity index (χ0n) is 38.6. The Morgan fingerprint density at radius 1 is 0.985 bits per heavy atom. The molecule has 0 bridgehead atoms. The highest BCUT2D eigenvalue weighted by molar-refractivity contribution is 6.33. The summed E-state index contributed by atoms with van der Waals surface area (Å²) in [7, 11) is 3.04. The molecule has 3 fully saturated rings. The van der Waals surface area contributed by atoms with Crippen molar-refractivity contribution in [3.05, 3.63) is 75.2 Å². The fraction of sp³-hybridized carbons (Fsp3) is 0.521. The van der Waals surface area contributed by atoms with Crippen LogP contribution in [0.25, 0.3) is 10.9 Å². The summed E-state index contributed by atoms with van der Waals surface area (Å²) in [5.41, 5.74) is 2.13. The monoisotopic (exact) mass is 926 g/mol. The van der Waals surface area contributed by atoms with Crippen LogP contribution in [0.3, 0.4) is 0 Å². The second kappa shape index (κ2) is 18.5. The molecular weight excluding hydrogens is 867 g/mol. The first-order valence-electron chi connectivity index (χ1n) is 22.9. The number of fused-ring (bicyclic) bond motifs is 2. The van der Waals surface area contributed by atoms with E-state index in [0.717, 1.165) is 55.4 Å². The first kappa shape index (κ1) is 46.7. The lowest BCUT2D eigenvalue weighted by atomic mass is 9.57. The highest BCUT2D eigenvalue weighted by atomic mass is 35.5. The number of piperidine rings is 2. The molecule has 18 heteroatoms. The minimum atomic E-state index is -1.35. The third kappa shape index (κ3) is 8.78. The van der Waals surface area contributed by atoms with Crippen LogP contribution in [0, 0.1) is 5.41 Å². The second-order valence-electron chi connectivity index (χ2n) is 19.0. The van der Waals surface area contributed by atoms with Crippen LogP contribution in [-0.4, -0.2) is 126 Å². The summed E-state index contributed by atoms with van der Waals surface area (Å²) < 4.78 is 23.9. The SMILES string of the molecule is CNC(=O)COc1cc2cc(Nc3nc(N4CCC(F)(CN5CCC6(CC5)CN(c5ccc7c(c5)CN(C(CCC=O)C(=O)NC)C7=O)C6(C)C)CC4)ncc3Cl)ccc2n(C(C)C)c1=O. The molecule has 4 aliphatic rings. The Morgan fingerprint density at radius 2 is 1.73 bits per heavy atom. The van der Waals surface area contributed by atoms with E-state index in [2.05, 4.69) is 50.6 Å². The Kier molecular flexibility index (Phi) is 13.1. The normalized spacial score (nSPS) is 19.1. The van der Waals surface area contributed by atoms with E-state index in [4.69, 9.17) is 21.3 Å². The third-order valence-corrected chi connectivity index (χ3v) is 14.8. The van der Waals surface area contributed by atoms with Crippen molar-refractivity contribution in [3.63, 3.8) is 0 Å². The lowest BCUT2D eigenvalue weighted by Crippen LogP contribution is -2.74. The van der Waals surface area contributed by atoms with Crippen LogP contribution in [0.5, 0.6) is 5.75 Å². The van der Waals surface area contributed by atoms with Crippen molar-refractivity contribution in [2.45, 2.75) is 96.1 Å². The smallest absolute Gasteiger partial charge is 0.293 e. The number of carbonyl (C=O) groups is 4. The molecule has 3 amide bonds. The number of ether oxygens (including phenoxy) is 1. The number of hydrogen-bond acceptors (Lipinski definition) is 12. The van der Waals surface area contributed by atoms with Gasteiger partial charge in [-0.2, -0.15) is 4.98 Å². The van der Waals surface area contributed by atoms with Gasteiger partial charge in [0, 0.05) is 105 Å². The van der Waals surface area contributed by atoms with Gasteiger partial charge in [0.05, 0.1) is 11.7 Å². The molecule has 3 saturated heterocycles. The highest BCUT2D eigenvalue weighted by Crippen LogP contribution is 2.55. The van der Waals surface area contributed by atoms with Gasteiger partial charge in [0.15, 0.2) is 18.2 Å². The van der Waals surface area contributed by atoms with Crippen LogP contribution in [0.2, 0.25) is 5.02 Å². The van der Waals surface area contributed by atoms with E-state index >= 15 is 4.39 Å². The van der Waals surface area contributed by atoms with Gasteiger partial charge in [-0.05, 0) is 108 Å². The molecule has 0 saturated carbocycles. The number of carbonyl (C=O) groups excluding carboxylic acids is 4. The summed E-state index contributed by atoms with van der Waals surface area (Å²) >= 11 is 6.60. The molecule has 6 heterocycles. The van der Waals surface area contributed by atoms with Gasteiger partial charge < -0.3 is 49.6 Å². The third-order valence-electron chi connectivity index (χ3n) is 14.6. The molecule has 4 aromatic rings. The van der Waals surface area contributed by atoms with Crippen LogP contribution in [0.4, 0.5) is 27.5 Å². The molecule has 8 rings (SSSR count). The molecule has 2 aromatic carbocycles. The molecule has 0 aliphatic carbocycles. The number of likely N-dealkylation sites (tertiary alicyclic amines) is 1. The Morgan fingerprint density at radius 3 is 2.39 bits per heavy atom. The van der Waals surface area contributed by atoms with Crippen molar-refractivity contribution >= 4 is 69.7 Å². The maximum Gasteiger partial charge on any atom is 0.293 e. The summed E-state index contributed by atoms with van der Waals surface area (Å²) in [6, 6.07) is 12.2. The summed E-state index contributed by atoms with van der Waals surface area (Å²) in [6.45, 7) is 12.2. The molecule has 16 nitrogen and oxygen atoms in total. The zero-order chi connectivity index (χ0) is 47.1. The number of anilines is 4. The van der Waals surface area contributed by atoms with E-state index in [-0.39, 0.29) is 65.5 Å². The number of rotatable bonds is 15. The number of aldehydes is 1. The standard InChI is InChI=1S/C48H60ClFN10O6/c1-30(2)60-37-12-9-33(22-31(37)24-39(44(60)65)66-27-40(62)51-5)54-41-36(49)25-53-45(55-41)57-19-15-48(50,16-20-57)29-56-17-13-47(14-18-56)28-59(46(47,3)4)34-10-11-35-32(23-34)26-58(43(35)64)38(8-7-21-61)42(63)52-6/h9-12,21-25,30,38H,7-8,13-20,26-29H2,1-6H3,(H,51,62)(H,52,63)(H,53,54,55). The number of amides is 3. The summed E-state index contributed by atoms with van der Waals surface area (Å²) in [5, 5.41) is 9.46. The Balaban J connectivity index is 0.862. The number of nitrogens with zero attached hydrogens (tertiary/aromatic N) is 7. The predicted octanol–water partition coefficient (Wildman–Crippen LogP) is 5.63. The minimum absolute atomic E-state index is 0.0674. The van der Waals surface area contributed by atoms with Gasteiger partial charge in [-0.15, -0.1) is 0 Å². The molecular formula is C48H60ClFN10O6. The van der Waals surface area contributed by atoms with Crippen LogP contribution in [0.15, 0.2) is 53.5 Å². The van der Waals surface area contributed by atoms with Crippen molar-refractivity contribution in [1.82, 2.24) is 35.0 Å². The van der Waals surface area contributed by atoms with Gasteiger partial charge in [0.2, 0.25) is 11.9 Å². The van der Waals surface area contributed by atoms with E-state index in [1.807, 2.05) is 49.1 Å². The van der Waals surface area contributed by atoms with Gasteiger partial charge in [0.1, 0.15) is 23.0 Å². The van der Waals surface area contributed by atoms with Crippen LogP contribution in [-0.2, 0) is 20.9 Å². The van der Waals surface area contributed by atoms with Gasteiger partial charge >= 0.3 is 0 Å². The fourth-order valence-electron chi connectivity index (χ4n) is 10.4. The molecule has 3 N–H and O–H groups in total. The Labute approximate surface area is 389 Å². The number of hydrogen-bond donors (Lipinski definition) is 3. The van der Waals surface area contributed by atoms with E-state index in [1.54, 1.807) is 21.7 Å². The summed E-state index contributed by atoms with van der Waals surface area (Å²) in [4.78, 5) is 79.8. The quantitative estimate of drug-likeness (QED) is 0.126.